The van der Waals surface area contributed by atoms with E-state index in [2.05, 4.69) is 5.32 Å². The zero-order valence-corrected chi connectivity index (χ0v) is 17.4. The second-order valence-corrected chi connectivity index (χ2v) is 9.05. The van der Waals surface area contributed by atoms with Crippen LogP contribution in [0.5, 0.6) is 0 Å². The third-order valence-electron chi connectivity index (χ3n) is 4.45. The van der Waals surface area contributed by atoms with E-state index in [0.717, 1.165) is 12.3 Å². The largest absolute Gasteiger partial charge is 0.418 e. The van der Waals surface area contributed by atoms with Gasteiger partial charge in [-0.1, -0.05) is 11.6 Å². The molecule has 30 heavy (non-hydrogen) atoms. The molecular weight excluding hydrogens is 441 g/mol. The van der Waals surface area contributed by atoms with E-state index in [9.17, 15) is 26.4 Å². The highest BCUT2D eigenvalue weighted by molar-refractivity contribution is 7.90. The van der Waals surface area contributed by atoms with Crippen LogP contribution in [-0.2, 0) is 16.0 Å². The van der Waals surface area contributed by atoms with Crippen molar-refractivity contribution in [1.29, 1.82) is 0 Å². The predicted octanol–water partition coefficient (Wildman–Crippen LogP) is 5.11. The van der Waals surface area contributed by atoms with E-state index >= 15 is 0 Å². The highest BCUT2D eigenvalue weighted by Crippen LogP contribution is 2.36. The Kier molecular flexibility index (Phi) is 5.70. The lowest BCUT2D eigenvalue weighted by Crippen LogP contribution is -2.14. The number of alkyl halides is 3. The second-order valence-electron chi connectivity index (χ2n) is 6.59. The molecule has 5 nitrogen and oxygen atoms in total. The SMILES string of the molecule is Cc1c(C(=O)Nc2ccc(S(C)(=O)=O)cc2)ccn1-c1ccc(Cl)cc1C(F)(F)F. The highest BCUT2D eigenvalue weighted by atomic mass is 35.5. The normalized spacial score (nSPS) is 12.1. The maximum Gasteiger partial charge on any atom is 0.418 e. The van der Waals surface area contributed by atoms with Gasteiger partial charge in [-0.05, 0) is 55.5 Å². The summed E-state index contributed by atoms with van der Waals surface area (Å²) in [7, 11) is -3.37. The standard InChI is InChI=1S/C20H16ClF3N2O3S/c1-12-16(19(27)25-14-4-6-15(7-5-14)30(2,28)29)9-10-26(12)18-8-3-13(21)11-17(18)20(22,23)24/h3-11H,1-2H3,(H,25,27). The van der Waals surface area contributed by atoms with Crippen molar-refractivity contribution in [3.05, 3.63) is 76.6 Å². The fourth-order valence-corrected chi connectivity index (χ4v) is 3.74. The molecule has 3 aromatic rings. The summed E-state index contributed by atoms with van der Waals surface area (Å²) >= 11 is 5.72. The number of hydrogen-bond acceptors (Lipinski definition) is 3. The van der Waals surface area contributed by atoms with Crippen LogP contribution < -0.4 is 5.32 Å². The topological polar surface area (TPSA) is 68.2 Å². The molecular formula is C20H16ClF3N2O3S. The first-order valence-electron chi connectivity index (χ1n) is 8.54. The quantitative estimate of drug-likeness (QED) is 0.593. The Labute approximate surface area is 176 Å². The molecule has 0 saturated heterocycles. The Morgan fingerprint density at radius 1 is 1.07 bits per heavy atom. The van der Waals surface area contributed by atoms with Crippen LogP contribution in [0.3, 0.4) is 0 Å². The fraction of sp³-hybridized carbons (Fsp3) is 0.150. The van der Waals surface area contributed by atoms with Crippen LogP contribution in [0, 0.1) is 6.92 Å². The molecule has 0 spiro atoms. The van der Waals surface area contributed by atoms with Gasteiger partial charge in [0.25, 0.3) is 5.91 Å². The lowest BCUT2D eigenvalue weighted by atomic mass is 10.1. The molecule has 0 saturated carbocycles. The van der Waals surface area contributed by atoms with E-state index in [4.69, 9.17) is 11.6 Å². The summed E-state index contributed by atoms with van der Waals surface area (Å²) in [4.78, 5) is 12.7. The molecule has 0 atom stereocenters. The summed E-state index contributed by atoms with van der Waals surface area (Å²) in [6.07, 6.45) is -2.19. The van der Waals surface area contributed by atoms with Gasteiger partial charge in [0.2, 0.25) is 0 Å². The lowest BCUT2D eigenvalue weighted by Gasteiger charge is -2.16. The van der Waals surface area contributed by atoms with E-state index in [1.807, 2.05) is 0 Å². The zero-order chi connectivity index (χ0) is 22.3. The molecule has 0 fully saturated rings. The number of sulfone groups is 1. The molecule has 0 aliphatic rings. The van der Waals surface area contributed by atoms with E-state index in [1.165, 1.54) is 60.2 Å². The molecule has 1 heterocycles. The van der Waals surface area contributed by atoms with Crippen LogP contribution >= 0.6 is 11.6 Å². The number of aromatic nitrogens is 1. The number of nitrogens with zero attached hydrogens (tertiary/aromatic N) is 1. The molecule has 0 radical (unpaired) electrons. The van der Waals surface area contributed by atoms with E-state index < -0.39 is 27.5 Å². The van der Waals surface area contributed by atoms with Gasteiger partial charge >= 0.3 is 6.18 Å². The van der Waals surface area contributed by atoms with Gasteiger partial charge in [-0.3, -0.25) is 4.79 Å². The molecule has 0 unspecified atom stereocenters. The highest BCUT2D eigenvalue weighted by Gasteiger charge is 2.34. The summed E-state index contributed by atoms with van der Waals surface area (Å²) < 4.78 is 64.5. The average molecular weight is 457 g/mol. The number of rotatable bonds is 4. The molecule has 1 N–H and O–H groups in total. The molecule has 0 aliphatic heterocycles. The van der Waals surface area contributed by atoms with Gasteiger partial charge in [0, 0.05) is 28.9 Å². The number of carbonyl (C=O) groups excluding carboxylic acids is 1. The number of carbonyl (C=O) groups is 1. The summed E-state index contributed by atoms with van der Waals surface area (Å²) in [5, 5.41) is 2.56. The summed E-state index contributed by atoms with van der Waals surface area (Å²) in [6.45, 7) is 1.52. The average Bonchev–Trinajstić information content (AvgIpc) is 3.02. The predicted molar refractivity (Wildman–Crippen MR) is 108 cm³/mol. The van der Waals surface area contributed by atoms with Crippen molar-refractivity contribution in [2.24, 2.45) is 0 Å². The number of hydrogen-bond donors (Lipinski definition) is 1. The molecule has 3 rings (SSSR count). The van der Waals surface area contributed by atoms with E-state index in [-0.39, 0.29) is 21.2 Å². The minimum atomic E-state index is -4.62. The van der Waals surface area contributed by atoms with Crippen LogP contribution in [0.1, 0.15) is 21.6 Å². The summed E-state index contributed by atoms with van der Waals surface area (Å²) in [5.74, 6) is -0.541. The van der Waals surface area contributed by atoms with Crippen molar-refractivity contribution in [2.75, 3.05) is 11.6 Å². The van der Waals surface area contributed by atoms with Crippen LogP contribution in [0.15, 0.2) is 59.6 Å². The van der Waals surface area contributed by atoms with Crippen molar-refractivity contribution in [2.45, 2.75) is 18.0 Å². The number of anilines is 1. The maximum absolute atomic E-state index is 13.4. The van der Waals surface area contributed by atoms with Gasteiger partial charge in [0.15, 0.2) is 9.84 Å². The van der Waals surface area contributed by atoms with Crippen molar-refractivity contribution in [3.63, 3.8) is 0 Å². The molecule has 1 aromatic heterocycles. The molecule has 0 aliphatic carbocycles. The van der Waals surface area contributed by atoms with Gasteiger partial charge in [0.05, 0.1) is 21.7 Å². The van der Waals surface area contributed by atoms with Crippen LogP contribution in [0.4, 0.5) is 18.9 Å². The van der Waals surface area contributed by atoms with Gasteiger partial charge < -0.3 is 9.88 Å². The van der Waals surface area contributed by atoms with Crippen LogP contribution in [0.25, 0.3) is 5.69 Å². The third kappa shape index (κ3) is 4.52. The molecule has 0 bridgehead atoms. The first kappa shape index (κ1) is 21.9. The first-order chi connectivity index (χ1) is 13.9. The Morgan fingerprint density at radius 3 is 2.27 bits per heavy atom. The Hall–Kier alpha value is -2.78. The molecule has 2 aromatic carbocycles. The van der Waals surface area contributed by atoms with Crippen molar-refractivity contribution in [3.8, 4) is 5.69 Å². The van der Waals surface area contributed by atoms with Crippen molar-refractivity contribution < 1.29 is 26.4 Å². The number of halogens is 4. The van der Waals surface area contributed by atoms with Crippen molar-refractivity contribution in [1.82, 2.24) is 4.57 Å². The minimum Gasteiger partial charge on any atom is -0.322 e. The molecule has 10 heteroatoms. The number of nitrogens with one attached hydrogen (secondary N) is 1. The van der Waals surface area contributed by atoms with Gasteiger partial charge in [-0.15, -0.1) is 0 Å². The monoisotopic (exact) mass is 456 g/mol. The van der Waals surface area contributed by atoms with Crippen molar-refractivity contribution >= 4 is 33.0 Å². The van der Waals surface area contributed by atoms with E-state index in [1.54, 1.807) is 0 Å². The van der Waals surface area contributed by atoms with Gasteiger partial charge in [0.1, 0.15) is 0 Å². The molecule has 1 amide bonds. The Morgan fingerprint density at radius 2 is 1.70 bits per heavy atom. The van der Waals surface area contributed by atoms with E-state index in [0.29, 0.717) is 11.4 Å². The van der Waals surface area contributed by atoms with Gasteiger partial charge in [-0.25, -0.2) is 8.42 Å². The fourth-order valence-electron chi connectivity index (χ4n) is 2.94. The van der Waals surface area contributed by atoms with Crippen LogP contribution in [0.2, 0.25) is 5.02 Å². The van der Waals surface area contributed by atoms with Crippen LogP contribution in [-0.4, -0.2) is 25.1 Å². The smallest absolute Gasteiger partial charge is 0.322 e. The second kappa shape index (κ2) is 7.81. The Balaban J connectivity index is 1.92. The Bertz CT molecular complexity index is 1220. The first-order valence-corrected chi connectivity index (χ1v) is 10.8. The number of benzene rings is 2. The minimum absolute atomic E-state index is 0.0496. The lowest BCUT2D eigenvalue weighted by molar-refractivity contribution is -0.137. The number of amides is 1. The molecule has 158 valence electrons. The zero-order valence-electron chi connectivity index (χ0n) is 15.8. The third-order valence-corrected chi connectivity index (χ3v) is 5.81. The summed E-state index contributed by atoms with van der Waals surface area (Å²) in [6, 6.07) is 10.4. The summed E-state index contributed by atoms with van der Waals surface area (Å²) in [5.41, 5.74) is -0.252. The van der Waals surface area contributed by atoms with Gasteiger partial charge in [-0.2, -0.15) is 13.2 Å². The maximum atomic E-state index is 13.4.